The van der Waals surface area contributed by atoms with Crippen molar-refractivity contribution >= 4 is 27.3 Å². The minimum atomic E-state index is -3.26. The highest BCUT2D eigenvalue weighted by atomic mass is 32.2. The van der Waals surface area contributed by atoms with E-state index < -0.39 is 27.7 Å². The van der Waals surface area contributed by atoms with Gasteiger partial charge in [0.2, 0.25) is 11.8 Å². The van der Waals surface area contributed by atoms with Crippen LogP contribution in [0.4, 0.5) is 5.69 Å². The average molecular weight is 358 g/mol. The number of nitrogens with one attached hydrogen (secondary N) is 2. The standard InChI is InChI=1S/C15H22N2O6S/c1-10(18)16-12(7-8-24(4,20)21)15(19)17-13-9-11(22-2)5-6-14(13)23-3/h5-6,9,12H,7-8H2,1-4H3,(H,16,18)(H,17,19)/t12-/m1/s1. The Morgan fingerprint density at radius 1 is 1.21 bits per heavy atom. The molecule has 24 heavy (non-hydrogen) atoms. The quantitative estimate of drug-likeness (QED) is 0.703. The Hall–Kier alpha value is -2.29. The Morgan fingerprint density at radius 2 is 1.88 bits per heavy atom. The fourth-order valence-corrected chi connectivity index (χ4v) is 2.64. The predicted molar refractivity (Wildman–Crippen MR) is 90.1 cm³/mol. The maximum absolute atomic E-state index is 12.4. The van der Waals surface area contributed by atoms with Crippen LogP contribution in [-0.4, -0.2) is 52.5 Å². The zero-order chi connectivity index (χ0) is 18.3. The highest BCUT2D eigenvalue weighted by Gasteiger charge is 2.22. The first-order valence-electron chi connectivity index (χ1n) is 7.14. The summed E-state index contributed by atoms with van der Waals surface area (Å²) in [6.45, 7) is 1.26. The third-order valence-corrected chi connectivity index (χ3v) is 4.11. The summed E-state index contributed by atoms with van der Waals surface area (Å²) < 4.78 is 32.9. The van der Waals surface area contributed by atoms with Gasteiger partial charge in [-0.15, -0.1) is 0 Å². The molecule has 9 heteroatoms. The van der Waals surface area contributed by atoms with Crippen LogP contribution in [0.2, 0.25) is 0 Å². The lowest BCUT2D eigenvalue weighted by Gasteiger charge is -2.18. The highest BCUT2D eigenvalue weighted by molar-refractivity contribution is 7.90. The van der Waals surface area contributed by atoms with Crippen LogP contribution in [-0.2, 0) is 19.4 Å². The van der Waals surface area contributed by atoms with Crippen LogP contribution in [0.25, 0.3) is 0 Å². The first kappa shape index (κ1) is 19.8. The molecule has 0 spiro atoms. The molecule has 0 fully saturated rings. The van der Waals surface area contributed by atoms with Crippen molar-refractivity contribution < 1.29 is 27.5 Å². The Balaban J connectivity index is 2.96. The molecule has 2 amide bonds. The average Bonchev–Trinajstić information content (AvgIpc) is 2.49. The van der Waals surface area contributed by atoms with Gasteiger partial charge < -0.3 is 20.1 Å². The molecular weight excluding hydrogens is 336 g/mol. The second kappa shape index (κ2) is 8.53. The van der Waals surface area contributed by atoms with Gasteiger partial charge in [0.05, 0.1) is 25.7 Å². The molecule has 0 heterocycles. The van der Waals surface area contributed by atoms with Crippen LogP contribution in [0.15, 0.2) is 18.2 Å². The van der Waals surface area contributed by atoms with Crippen molar-refractivity contribution in [2.45, 2.75) is 19.4 Å². The van der Waals surface area contributed by atoms with Crippen molar-refractivity contribution in [3.05, 3.63) is 18.2 Å². The molecule has 0 radical (unpaired) electrons. The van der Waals surface area contributed by atoms with Gasteiger partial charge in [-0.1, -0.05) is 0 Å². The molecule has 8 nitrogen and oxygen atoms in total. The first-order valence-corrected chi connectivity index (χ1v) is 9.20. The second-order valence-electron chi connectivity index (χ2n) is 5.23. The van der Waals surface area contributed by atoms with Gasteiger partial charge in [-0.25, -0.2) is 8.42 Å². The third kappa shape index (κ3) is 6.45. The summed E-state index contributed by atoms with van der Waals surface area (Å²) in [6.07, 6.45) is 1.04. The van der Waals surface area contributed by atoms with Crippen LogP contribution in [0, 0.1) is 0 Å². The lowest BCUT2D eigenvalue weighted by molar-refractivity contribution is -0.125. The van der Waals surface area contributed by atoms with Crippen molar-refractivity contribution in [2.75, 3.05) is 31.5 Å². The number of hydrogen-bond donors (Lipinski definition) is 2. The molecule has 134 valence electrons. The minimum Gasteiger partial charge on any atom is -0.497 e. The van der Waals surface area contributed by atoms with E-state index in [4.69, 9.17) is 9.47 Å². The molecule has 1 aromatic carbocycles. The summed E-state index contributed by atoms with van der Waals surface area (Å²) in [5, 5.41) is 5.08. The number of rotatable bonds is 8. The molecule has 0 bridgehead atoms. The van der Waals surface area contributed by atoms with Crippen LogP contribution >= 0.6 is 0 Å². The summed E-state index contributed by atoms with van der Waals surface area (Å²) in [4.78, 5) is 23.7. The molecule has 0 aliphatic carbocycles. The molecule has 0 aromatic heterocycles. The number of amides is 2. The van der Waals surface area contributed by atoms with Gasteiger partial charge >= 0.3 is 0 Å². The fourth-order valence-electron chi connectivity index (χ4n) is 1.98. The Kier molecular flexibility index (Phi) is 7.02. The number of ether oxygens (including phenoxy) is 2. The minimum absolute atomic E-state index is 0.0312. The maximum Gasteiger partial charge on any atom is 0.247 e. The van der Waals surface area contributed by atoms with E-state index in [1.165, 1.54) is 21.1 Å². The smallest absolute Gasteiger partial charge is 0.247 e. The van der Waals surface area contributed by atoms with E-state index >= 15 is 0 Å². The number of carbonyl (C=O) groups excluding carboxylic acids is 2. The zero-order valence-electron chi connectivity index (χ0n) is 14.1. The summed E-state index contributed by atoms with van der Waals surface area (Å²) >= 11 is 0. The van der Waals surface area contributed by atoms with Crippen LogP contribution < -0.4 is 20.1 Å². The van der Waals surface area contributed by atoms with E-state index in [2.05, 4.69) is 10.6 Å². The largest absolute Gasteiger partial charge is 0.497 e. The molecule has 0 unspecified atom stereocenters. The number of sulfone groups is 1. The topological polar surface area (TPSA) is 111 Å². The summed E-state index contributed by atoms with van der Waals surface area (Å²) in [5.74, 6) is -0.269. The van der Waals surface area contributed by atoms with Gasteiger partial charge in [-0.05, 0) is 18.6 Å². The number of hydrogen-bond acceptors (Lipinski definition) is 6. The molecule has 0 aliphatic heterocycles. The molecule has 0 saturated heterocycles. The summed E-state index contributed by atoms with van der Waals surface area (Å²) in [6, 6.07) is 3.88. The number of carbonyl (C=O) groups is 2. The fraction of sp³-hybridized carbons (Fsp3) is 0.467. The SMILES string of the molecule is COc1ccc(OC)c(NC(=O)[C@@H](CCS(C)(=O)=O)NC(C)=O)c1. The van der Waals surface area contributed by atoms with Crippen molar-refractivity contribution in [1.82, 2.24) is 5.32 Å². The number of anilines is 1. The molecular formula is C15H22N2O6S. The van der Waals surface area contributed by atoms with Crippen LogP contribution in [0.1, 0.15) is 13.3 Å². The van der Waals surface area contributed by atoms with Gasteiger partial charge in [-0.2, -0.15) is 0 Å². The van der Waals surface area contributed by atoms with Crippen molar-refractivity contribution in [1.29, 1.82) is 0 Å². The van der Waals surface area contributed by atoms with Crippen LogP contribution in [0.3, 0.4) is 0 Å². The van der Waals surface area contributed by atoms with E-state index in [-0.39, 0.29) is 12.2 Å². The molecule has 1 aromatic rings. The summed E-state index contributed by atoms with van der Waals surface area (Å²) in [5.41, 5.74) is 0.358. The molecule has 0 aliphatic rings. The van der Waals surface area contributed by atoms with Gasteiger partial charge in [0.1, 0.15) is 27.4 Å². The third-order valence-electron chi connectivity index (χ3n) is 3.14. The van der Waals surface area contributed by atoms with E-state index in [1.54, 1.807) is 18.2 Å². The molecule has 0 saturated carbocycles. The number of benzene rings is 1. The normalized spacial score (nSPS) is 12.2. The molecule has 1 atom stereocenters. The molecule has 1 rings (SSSR count). The Morgan fingerprint density at radius 3 is 2.38 bits per heavy atom. The monoisotopic (exact) mass is 358 g/mol. The van der Waals surface area contributed by atoms with E-state index in [0.717, 1.165) is 6.26 Å². The van der Waals surface area contributed by atoms with Crippen molar-refractivity contribution in [3.63, 3.8) is 0 Å². The van der Waals surface area contributed by atoms with Gasteiger partial charge in [-0.3, -0.25) is 9.59 Å². The van der Waals surface area contributed by atoms with Gasteiger partial charge in [0.15, 0.2) is 0 Å². The van der Waals surface area contributed by atoms with Gasteiger partial charge in [0.25, 0.3) is 0 Å². The maximum atomic E-state index is 12.4. The van der Waals surface area contributed by atoms with Crippen molar-refractivity contribution in [3.8, 4) is 11.5 Å². The lowest BCUT2D eigenvalue weighted by Crippen LogP contribution is -2.44. The Bertz CT molecular complexity index is 702. The van der Waals surface area contributed by atoms with Gasteiger partial charge in [0, 0.05) is 19.2 Å². The summed E-state index contributed by atoms with van der Waals surface area (Å²) in [7, 11) is -0.324. The first-order chi connectivity index (χ1) is 11.2. The highest BCUT2D eigenvalue weighted by Crippen LogP contribution is 2.29. The number of methoxy groups -OCH3 is 2. The zero-order valence-corrected chi connectivity index (χ0v) is 14.9. The van der Waals surface area contributed by atoms with E-state index in [0.29, 0.717) is 17.2 Å². The second-order valence-corrected chi connectivity index (χ2v) is 7.49. The Labute approximate surface area is 141 Å². The lowest BCUT2D eigenvalue weighted by atomic mass is 10.2. The van der Waals surface area contributed by atoms with E-state index in [9.17, 15) is 18.0 Å². The predicted octanol–water partition coefficient (Wildman–Crippen LogP) is 0.582. The molecule has 2 N–H and O–H groups in total. The van der Waals surface area contributed by atoms with Crippen LogP contribution in [0.5, 0.6) is 11.5 Å². The van der Waals surface area contributed by atoms with Crippen molar-refractivity contribution in [2.24, 2.45) is 0 Å². The van der Waals surface area contributed by atoms with E-state index in [1.807, 2.05) is 0 Å².